The van der Waals surface area contributed by atoms with Gasteiger partial charge in [0.15, 0.2) is 0 Å². The minimum Gasteiger partial charge on any atom is -0.461 e. The molecular formula is C18H20O. The van der Waals surface area contributed by atoms with Gasteiger partial charge in [-0.2, -0.15) is 0 Å². The van der Waals surface area contributed by atoms with E-state index in [1.165, 1.54) is 27.3 Å². The van der Waals surface area contributed by atoms with E-state index in [2.05, 4.69) is 58.0 Å². The van der Waals surface area contributed by atoms with Crippen molar-refractivity contribution < 1.29 is 4.42 Å². The van der Waals surface area contributed by atoms with Crippen LogP contribution in [0.15, 0.2) is 34.7 Å². The minimum absolute atomic E-state index is 0.114. The molecule has 2 aromatic carbocycles. The molecule has 1 aromatic heterocycles. The van der Waals surface area contributed by atoms with Gasteiger partial charge in [-0.3, -0.25) is 0 Å². The van der Waals surface area contributed by atoms with Crippen molar-refractivity contribution in [1.29, 1.82) is 0 Å². The molecule has 1 nitrogen and oxygen atoms in total. The topological polar surface area (TPSA) is 13.1 Å². The van der Waals surface area contributed by atoms with Gasteiger partial charge in [0.25, 0.3) is 0 Å². The van der Waals surface area contributed by atoms with E-state index < -0.39 is 0 Å². The van der Waals surface area contributed by atoms with E-state index in [0.717, 1.165) is 11.3 Å². The van der Waals surface area contributed by atoms with E-state index >= 15 is 0 Å². The summed E-state index contributed by atoms with van der Waals surface area (Å²) in [6, 6.07) is 10.7. The van der Waals surface area contributed by atoms with Crippen LogP contribution < -0.4 is 0 Å². The Morgan fingerprint density at radius 2 is 1.53 bits per heavy atom. The van der Waals surface area contributed by atoms with Gasteiger partial charge in [0.2, 0.25) is 0 Å². The van der Waals surface area contributed by atoms with Crippen LogP contribution in [0.5, 0.6) is 0 Å². The molecule has 0 saturated carbocycles. The molecule has 1 heteroatoms. The number of hydrogen-bond donors (Lipinski definition) is 0. The quantitative estimate of drug-likeness (QED) is 0.515. The van der Waals surface area contributed by atoms with Gasteiger partial charge in [-0.25, -0.2) is 0 Å². The van der Waals surface area contributed by atoms with Crippen LogP contribution in [0.25, 0.3) is 21.7 Å². The smallest absolute Gasteiger partial charge is 0.142 e. The lowest BCUT2D eigenvalue weighted by atomic mass is 9.80. The Hall–Kier alpha value is -1.76. The Morgan fingerprint density at radius 1 is 0.895 bits per heavy atom. The Labute approximate surface area is 114 Å². The zero-order valence-corrected chi connectivity index (χ0v) is 12.3. The van der Waals surface area contributed by atoms with Gasteiger partial charge >= 0.3 is 0 Å². The number of benzene rings is 2. The predicted molar refractivity (Wildman–Crippen MR) is 81.9 cm³/mol. The van der Waals surface area contributed by atoms with Crippen molar-refractivity contribution in [3.05, 3.63) is 47.2 Å². The zero-order valence-electron chi connectivity index (χ0n) is 12.3. The highest BCUT2D eigenvalue weighted by Gasteiger charge is 2.23. The molecular weight excluding hydrogens is 232 g/mol. The number of hydrogen-bond acceptors (Lipinski definition) is 1. The maximum Gasteiger partial charge on any atom is 0.142 e. The van der Waals surface area contributed by atoms with Gasteiger partial charge in [0.1, 0.15) is 11.3 Å². The fraction of sp³-hybridized carbons (Fsp3) is 0.333. The Bertz CT molecular complexity index is 770. The van der Waals surface area contributed by atoms with Crippen LogP contribution in [0.4, 0.5) is 0 Å². The second-order valence-electron chi connectivity index (χ2n) is 6.40. The molecule has 0 amide bonds. The Kier molecular flexibility index (Phi) is 2.50. The van der Waals surface area contributed by atoms with Crippen LogP contribution in [0.1, 0.15) is 37.7 Å². The van der Waals surface area contributed by atoms with Crippen molar-refractivity contribution in [3.63, 3.8) is 0 Å². The summed E-state index contributed by atoms with van der Waals surface area (Å²) in [5.74, 6) is 0.983. The molecule has 0 saturated heterocycles. The minimum atomic E-state index is 0.114. The predicted octanol–water partition coefficient (Wildman–Crippen LogP) is 5.50. The monoisotopic (exact) mass is 252 g/mol. The average molecular weight is 252 g/mol. The molecule has 0 aliphatic carbocycles. The summed E-state index contributed by atoms with van der Waals surface area (Å²) in [5.41, 5.74) is 3.92. The maximum atomic E-state index is 5.97. The van der Waals surface area contributed by atoms with Crippen molar-refractivity contribution >= 4 is 21.7 Å². The van der Waals surface area contributed by atoms with E-state index in [0.29, 0.717) is 0 Å². The summed E-state index contributed by atoms with van der Waals surface area (Å²) in [6.07, 6.45) is 0. The molecule has 0 N–H and O–H groups in total. The second kappa shape index (κ2) is 3.86. The molecule has 0 spiro atoms. The molecule has 0 bridgehead atoms. The molecule has 1 heterocycles. The third-order valence-corrected chi connectivity index (χ3v) is 3.83. The SMILES string of the molecule is Cc1cc2c(C(C)(C)C)c(C)c3ccccc3c2o1. The van der Waals surface area contributed by atoms with Gasteiger partial charge < -0.3 is 4.42 Å². The maximum absolute atomic E-state index is 5.97. The van der Waals surface area contributed by atoms with Crippen molar-refractivity contribution in [2.24, 2.45) is 0 Å². The lowest BCUT2D eigenvalue weighted by molar-refractivity contribution is 0.578. The summed E-state index contributed by atoms with van der Waals surface area (Å²) >= 11 is 0. The molecule has 0 aliphatic heterocycles. The Morgan fingerprint density at radius 3 is 2.16 bits per heavy atom. The van der Waals surface area contributed by atoms with Crippen molar-refractivity contribution in [3.8, 4) is 0 Å². The number of rotatable bonds is 0. The fourth-order valence-electron chi connectivity index (χ4n) is 3.21. The molecule has 0 radical (unpaired) electrons. The fourth-order valence-corrected chi connectivity index (χ4v) is 3.21. The van der Waals surface area contributed by atoms with Crippen LogP contribution in [-0.2, 0) is 5.41 Å². The third kappa shape index (κ3) is 1.76. The van der Waals surface area contributed by atoms with Crippen LogP contribution >= 0.6 is 0 Å². The second-order valence-corrected chi connectivity index (χ2v) is 6.40. The summed E-state index contributed by atoms with van der Waals surface area (Å²) in [4.78, 5) is 0. The molecule has 0 fully saturated rings. The van der Waals surface area contributed by atoms with Gasteiger partial charge in [-0.05, 0) is 41.8 Å². The highest BCUT2D eigenvalue weighted by molar-refractivity contribution is 6.08. The highest BCUT2D eigenvalue weighted by atomic mass is 16.3. The van der Waals surface area contributed by atoms with E-state index in [9.17, 15) is 0 Å². The first-order valence-electron chi connectivity index (χ1n) is 6.81. The molecule has 0 atom stereocenters. The number of furan rings is 1. The summed E-state index contributed by atoms with van der Waals surface area (Å²) in [6.45, 7) is 11.1. The van der Waals surface area contributed by atoms with Gasteiger partial charge in [-0.1, -0.05) is 45.0 Å². The highest BCUT2D eigenvalue weighted by Crippen LogP contribution is 2.40. The van der Waals surface area contributed by atoms with Crippen molar-refractivity contribution in [1.82, 2.24) is 0 Å². The first-order chi connectivity index (χ1) is 8.89. The average Bonchev–Trinajstić information content (AvgIpc) is 2.69. The van der Waals surface area contributed by atoms with Gasteiger partial charge in [-0.15, -0.1) is 0 Å². The first kappa shape index (κ1) is 12.3. The van der Waals surface area contributed by atoms with E-state index in [4.69, 9.17) is 4.42 Å². The van der Waals surface area contributed by atoms with Crippen LogP contribution in [-0.4, -0.2) is 0 Å². The van der Waals surface area contributed by atoms with Crippen molar-refractivity contribution in [2.75, 3.05) is 0 Å². The van der Waals surface area contributed by atoms with E-state index in [-0.39, 0.29) is 5.41 Å². The lowest BCUT2D eigenvalue weighted by Crippen LogP contribution is -2.13. The van der Waals surface area contributed by atoms with E-state index in [1.807, 2.05) is 6.92 Å². The van der Waals surface area contributed by atoms with Crippen LogP contribution in [0, 0.1) is 13.8 Å². The molecule has 3 aromatic rings. The molecule has 98 valence electrons. The summed E-state index contributed by atoms with van der Waals surface area (Å²) < 4.78 is 5.97. The van der Waals surface area contributed by atoms with Crippen molar-refractivity contribution in [2.45, 2.75) is 40.0 Å². The normalized spacial score (nSPS) is 12.5. The van der Waals surface area contributed by atoms with E-state index in [1.54, 1.807) is 0 Å². The van der Waals surface area contributed by atoms with Gasteiger partial charge in [0, 0.05) is 10.8 Å². The molecule has 0 aliphatic rings. The Balaban J connectivity index is 2.62. The molecule has 0 unspecified atom stereocenters. The molecule has 19 heavy (non-hydrogen) atoms. The van der Waals surface area contributed by atoms with Crippen LogP contribution in [0.3, 0.4) is 0 Å². The zero-order chi connectivity index (χ0) is 13.8. The number of aryl methyl sites for hydroxylation is 2. The summed E-state index contributed by atoms with van der Waals surface area (Å²) in [5, 5.41) is 3.78. The largest absolute Gasteiger partial charge is 0.461 e. The summed E-state index contributed by atoms with van der Waals surface area (Å²) in [7, 11) is 0. The lowest BCUT2D eigenvalue weighted by Gasteiger charge is -2.24. The third-order valence-electron chi connectivity index (χ3n) is 3.83. The number of fused-ring (bicyclic) bond motifs is 3. The van der Waals surface area contributed by atoms with Crippen LogP contribution in [0.2, 0.25) is 0 Å². The standard InChI is InChI=1S/C18H20O/c1-11-10-15-16(18(3,4)5)12(2)13-8-6-7-9-14(13)17(15)19-11/h6-10H,1-5H3. The first-order valence-corrected chi connectivity index (χ1v) is 6.81. The molecule has 3 rings (SSSR count). The van der Waals surface area contributed by atoms with Gasteiger partial charge in [0.05, 0.1) is 0 Å².